The molecule has 0 rings (SSSR count). The summed E-state index contributed by atoms with van der Waals surface area (Å²) in [6.45, 7) is 6.60. The fraction of sp³-hybridized carbons (Fsp3) is 0.929. The molecule has 48 heavy (non-hydrogen) atoms. The quantitative estimate of drug-likeness (QED) is 0.0367. The zero-order valence-electron chi connectivity index (χ0n) is 32.3. The van der Waals surface area contributed by atoms with Crippen molar-refractivity contribution in [3.8, 4) is 0 Å². The van der Waals surface area contributed by atoms with Crippen LogP contribution in [0.4, 0.5) is 0 Å². The van der Waals surface area contributed by atoms with Gasteiger partial charge in [0.2, 0.25) is 0 Å². The minimum absolute atomic E-state index is 0.0636. The Morgan fingerprint density at radius 3 is 0.833 bits per heavy atom. The molecule has 0 N–H and O–H groups in total. The van der Waals surface area contributed by atoms with Crippen molar-refractivity contribution in [2.75, 3.05) is 13.2 Å². The van der Waals surface area contributed by atoms with E-state index in [0.29, 0.717) is 19.3 Å². The molecule has 0 spiro atoms. The van der Waals surface area contributed by atoms with E-state index in [2.05, 4.69) is 20.8 Å². The van der Waals surface area contributed by atoms with Gasteiger partial charge in [0, 0.05) is 19.3 Å². The van der Waals surface area contributed by atoms with Gasteiger partial charge >= 0.3 is 17.9 Å². The number of hydrogen-bond donors (Lipinski definition) is 0. The van der Waals surface area contributed by atoms with Crippen molar-refractivity contribution in [1.82, 2.24) is 0 Å². The molecule has 0 aliphatic heterocycles. The first kappa shape index (κ1) is 46.4. The minimum atomic E-state index is -0.756. The maximum atomic E-state index is 12.6. The van der Waals surface area contributed by atoms with E-state index in [1.165, 1.54) is 135 Å². The lowest BCUT2D eigenvalue weighted by Crippen LogP contribution is -2.30. The SMILES string of the molecule is CCCCCCCCCCCCCC(=O)OCC(COC(=O)CCCCCCCCCC)OC(=O)CCCCCCCCCCCCC. The van der Waals surface area contributed by atoms with E-state index in [-0.39, 0.29) is 31.1 Å². The van der Waals surface area contributed by atoms with E-state index in [1.54, 1.807) is 0 Å². The monoisotopic (exact) mass is 681 g/mol. The Kier molecular flexibility index (Phi) is 36.9. The van der Waals surface area contributed by atoms with Crippen molar-refractivity contribution in [2.45, 2.75) is 239 Å². The molecule has 0 amide bonds. The molecule has 0 aromatic heterocycles. The molecule has 1 atom stereocenters. The Bertz CT molecular complexity index is 708. The summed E-state index contributed by atoms with van der Waals surface area (Å²) >= 11 is 0. The Morgan fingerprint density at radius 2 is 0.562 bits per heavy atom. The molecule has 0 saturated heterocycles. The van der Waals surface area contributed by atoms with Gasteiger partial charge in [-0.05, 0) is 19.3 Å². The molecule has 0 aliphatic rings. The molecule has 284 valence electrons. The van der Waals surface area contributed by atoms with Crippen LogP contribution in [0.2, 0.25) is 0 Å². The van der Waals surface area contributed by atoms with Crippen molar-refractivity contribution in [2.24, 2.45) is 0 Å². The first-order chi connectivity index (χ1) is 23.5. The number of rotatable bonds is 38. The maximum absolute atomic E-state index is 12.6. The second kappa shape index (κ2) is 38.2. The van der Waals surface area contributed by atoms with Crippen LogP contribution in [0.25, 0.3) is 0 Å². The van der Waals surface area contributed by atoms with Crippen LogP contribution in [0.1, 0.15) is 233 Å². The molecule has 0 aliphatic carbocycles. The predicted octanol–water partition coefficient (Wildman–Crippen LogP) is 12.9. The van der Waals surface area contributed by atoms with Gasteiger partial charge in [-0.25, -0.2) is 0 Å². The van der Waals surface area contributed by atoms with Gasteiger partial charge in [0.1, 0.15) is 13.2 Å². The predicted molar refractivity (Wildman–Crippen MR) is 201 cm³/mol. The van der Waals surface area contributed by atoms with Crippen molar-refractivity contribution in [1.29, 1.82) is 0 Å². The number of esters is 3. The molecular weight excluding hydrogens is 600 g/mol. The van der Waals surface area contributed by atoms with Crippen LogP contribution in [-0.2, 0) is 28.6 Å². The largest absolute Gasteiger partial charge is 0.462 e. The standard InChI is InChI=1S/C42H80O6/c1-4-7-10-13-16-19-21-23-26-29-32-35-41(44)47-38-39(37-46-40(43)34-31-28-25-18-15-12-9-6-3)48-42(45)36-33-30-27-24-22-20-17-14-11-8-5-2/h39H,4-38H2,1-3H3. The summed E-state index contributed by atoms with van der Waals surface area (Å²) < 4.78 is 16.6. The third-order valence-electron chi connectivity index (χ3n) is 9.36. The third-order valence-corrected chi connectivity index (χ3v) is 9.36. The Morgan fingerprint density at radius 1 is 0.333 bits per heavy atom. The summed E-state index contributed by atoms with van der Waals surface area (Å²) in [6.07, 6.45) is 36.5. The van der Waals surface area contributed by atoms with E-state index in [4.69, 9.17) is 14.2 Å². The van der Waals surface area contributed by atoms with Crippen LogP contribution in [0.15, 0.2) is 0 Å². The summed E-state index contributed by atoms with van der Waals surface area (Å²) in [7, 11) is 0. The van der Waals surface area contributed by atoms with Crippen LogP contribution in [-0.4, -0.2) is 37.2 Å². The number of ether oxygens (including phenoxy) is 3. The second-order valence-electron chi connectivity index (χ2n) is 14.3. The topological polar surface area (TPSA) is 78.9 Å². The van der Waals surface area contributed by atoms with Crippen molar-refractivity contribution in [3.05, 3.63) is 0 Å². The lowest BCUT2D eigenvalue weighted by molar-refractivity contribution is -0.167. The van der Waals surface area contributed by atoms with E-state index < -0.39 is 6.10 Å². The molecule has 0 radical (unpaired) electrons. The molecule has 0 aromatic carbocycles. The van der Waals surface area contributed by atoms with Crippen molar-refractivity contribution in [3.63, 3.8) is 0 Å². The molecule has 0 fully saturated rings. The van der Waals surface area contributed by atoms with Crippen molar-refractivity contribution < 1.29 is 28.6 Å². The van der Waals surface area contributed by atoms with Crippen LogP contribution < -0.4 is 0 Å². The Balaban J connectivity index is 4.32. The zero-order valence-corrected chi connectivity index (χ0v) is 32.3. The molecule has 0 aromatic rings. The summed E-state index contributed by atoms with van der Waals surface area (Å²) in [5.74, 6) is -0.862. The molecule has 6 heteroatoms. The molecule has 0 heterocycles. The van der Waals surface area contributed by atoms with Crippen LogP contribution >= 0.6 is 0 Å². The first-order valence-corrected chi connectivity index (χ1v) is 21.0. The summed E-state index contributed by atoms with van der Waals surface area (Å²) in [6, 6.07) is 0. The molecule has 1 unspecified atom stereocenters. The van der Waals surface area contributed by atoms with Gasteiger partial charge in [-0.3, -0.25) is 14.4 Å². The summed E-state index contributed by atoms with van der Waals surface area (Å²) in [4.78, 5) is 37.4. The molecule has 0 bridgehead atoms. The smallest absolute Gasteiger partial charge is 0.306 e. The average Bonchev–Trinajstić information content (AvgIpc) is 3.08. The normalized spacial score (nSPS) is 11.8. The third kappa shape index (κ3) is 35.7. The van der Waals surface area contributed by atoms with Gasteiger partial charge in [-0.15, -0.1) is 0 Å². The summed E-state index contributed by atoms with van der Waals surface area (Å²) in [5, 5.41) is 0. The number of carbonyl (C=O) groups excluding carboxylic acids is 3. The van der Waals surface area contributed by atoms with E-state index in [9.17, 15) is 14.4 Å². The highest BCUT2D eigenvalue weighted by Gasteiger charge is 2.19. The van der Waals surface area contributed by atoms with Crippen LogP contribution in [0, 0.1) is 0 Å². The lowest BCUT2D eigenvalue weighted by Gasteiger charge is -2.18. The number of carbonyl (C=O) groups is 3. The van der Waals surface area contributed by atoms with Crippen molar-refractivity contribution >= 4 is 17.9 Å². The summed E-state index contributed by atoms with van der Waals surface area (Å²) in [5.41, 5.74) is 0. The highest BCUT2D eigenvalue weighted by Crippen LogP contribution is 2.15. The number of hydrogen-bond acceptors (Lipinski definition) is 6. The highest BCUT2D eigenvalue weighted by atomic mass is 16.6. The average molecular weight is 681 g/mol. The zero-order chi connectivity index (χ0) is 35.2. The number of unbranched alkanes of at least 4 members (excludes halogenated alkanes) is 27. The van der Waals surface area contributed by atoms with Gasteiger partial charge in [0.05, 0.1) is 0 Å². The maximum Gasteiger partial charge on any atom is 0.306 e. The van der Waals surface area contributed by atoms with E-state index in [1.807, 2.05) is 0 Å². The van der Waals surface area contributed by atoms with Crippen LogP contribution in [0.5, 0.6) is 0 Å². The molecule has 0 saturated carbocycles. The van der Waals surface area contributed by atoms with Gasteiger partial charge in [-0.2, -0.15) is 0 Å². The molecular formula is C42H80O6. The first-order valence-electron chi connectivity index (χ1n) is 21.0. The van der Waals surface area contributed by atoms with Gasteiger partial charge < -0.3 is 14.2 Å². The fourth-order valence-corrected chi connectivity index (χ4v) is 6.15. The second-order valence-corrected chi connectivity index (χ2v) is 14.3. The Labute approximate surface area is 298 Å². The van der Waals surface area contributed by atoms with Crippen LogP contribution in [0.3, 0.4) is 0 Å². The van der Waals surface area contributed by atoms with E-state index >= 15 is 0 Å². The Hall–Kier alpha value is -1.59. The minimum Gasteiger partial charge on any atom is -0.462 e. The fourth-order valence-electron chi connectivity index (χ4n) is 6.15. The molecule has 6 nitrogen and oxygen atoms in total. The van der Waals surface area contributed by atoms with Gasteiger partial charge in [-0.1, -0.05) is 194 Å². The van der Waals surface area contributed by atoms with Gasteiger partial charge in [0.15, 0.2) is 6.10 Å². The van der Waals surface area contributed by atoms with E-state index in [0.717, 1.165) is 57.8 Å². The lowest BCUT2D eigenvalue weighted by atomic mass is 10.1. The highest BCUT2D eigenvalue weighted by molar-refractivity contribution is 5.71. The van der Waals surface area contributed by atoms with Gasteiger partial charge in [0.25, 0.3) is 0 Å².